The van der Waals surface area contributed by atoms with Gasteiger partial charge in [0.1, 0.15) is 11.5 Å². The fraction of sp³-hybridized carbons (Fsp3) is 0.143. The number of aryl methyl sites for hydroxylation is 1. The van der Waals surface area contributed by atoms with Crippen LogP contribution >= 0.6 is 34.7 Å². The molecule has 2 heterocycles. The average Bonchev–Trinajstić information content (AvgIpc) is 3.50. The Morgan fingerprint density at radius 1 is 1.08 bits per heavy atom. The van der Waals surface area contributed by atoms with Gasteiger partial charge in [0.15, 0.2) is 4.34 Å². The van der Waals surface area contributed by atoms with Crippen LogP contribution in [-0.2, 0) is 15.3 Å². The predicted octanol–water partition coefficient (Wildman–Crippen LogP) is 6.43. The molecular weight excluding hydrogens is 542 g/mol. The topological polar surface area (TPSA) is 92.6 Å². The number of rotatable bonds is 7. The fourth-order valence-corrected chi connectivity index (χ4v) is 6.06. The van der Waals surface area contributed by atoms with Crippen LogP contribution < -0.4 is 9.64 Å². The first-order valence-corrected chi connectivity index (χ1v) is 13.8. The van der Waals surface area contributed by atoms with Gasteiger partial charge < -0.3 is 9.84 Å². The molecule has 4 aromatic rings. The van der Waals surface area contributed by atoms with Gasteiger partial charge >= 0.3 is 5.91 Å². The quantitative estimate of drug-likeness (QED) is 0.0910. The van der Waals surface area contributed by atoms with E-state index in [1.807, 2.05) is 43.3 Å². The van der Waals surface area contributed by atoms with Crippen molar-refractivity contribution in [3.8, 4) is 5.75 Å². The van der Waals surface area contributed by atoms with Gasteiger partial charge in [0.2, 0.25) is 5.13 Å². The minimum absolute atomic E-state index is 0.0160. The van der Waals surface area contributed by atoms with Crippen molar-refractivity contribution >= 4 is 57.3 Å². The number of aromatic nitrogens is 2. The van der Waals surface area contributed by atoms with Crippen molar-refractivity contribution in [2.45, 2.75) is 23.1 Å². The van der Waals surface area contributed by atoms with Crippen molar-refractivity contribution < 1.29 is 19.4 Å². The molecule has 1 fully saturated rings. The van der Waals surface area contributed by atoms with Crippen molar-refractivity contribution in [3.63, 3.8) is 0 Å². The van der Waals surface area contributed by atoms with Gasteiger partial charge in [-0.2, -0.15) is 0 Å². The maximum atomic E-state index is 13.4. The molecule has 3 aromatic carbocycles. The van der Waals surface area contributed by atoms with Crippen LogP contribution in [0.25, 0.3) is 5.76 Å². The Kier molecular flexibility index (Phi) is 7.51. The van der Waals surface area contributed by atoms with E-state index in [0.717, 1.165) is 11.1 Å². The zero-order valence-corrected chi connectivity index (χ0v) is 22.8. The van der Waals surface area contributed by atoms with Gasteiger partial charge in [-0.05, 0) is 42.3 Å². The number of nitrogens with zero attached hydrogens (tertiary/aromatic N) is 3. The van der Waals surface area contributed by atoms with E-state index < -0.39 is 17.7 Å². The minimum atomic E-state index is -0.909. The normalized spacial score (nSPS) is 16.7. The number of ether oxygens (including phenoxy) is 1. The van der Waals surface area contributed by atoms with E-state index in [2.05, 4.69) is 10.2 Å². The van der Waals surface area contributed by atoms with E-state index in [4.69, 9.17) is 16.3 Å². The Morgan fingerprint density at radius 2 is 1.82 bits per heavy atom. The number of anilines is 1. The summed E-state index contributed by atoms with van der Waals surface area (Å²) in [5, 5.41) is 20.7. The first-order chi connectivity index (χ1) is 18.4. The Hall–Kier alpha value is -3.66. The first kappa shape index (κ1) is 26.0. The number of ketones is 1. The molecule has 7 nitrogen and oxygen atoms in total. The summed E-state index contributed by atoms with van der Waals surface area (Å²) < 4.78 is 6.02. The summed E-state index contributed by atoms with van der Waals surface area (Å²) in [6, 6.07) is 20.8. The number of hydrogen-bond acceptors (Lipinski definition) is 8. The van der Waals surface area contributed by atoms with Gasteiger partial charge in [-0.3, -0.25) is 14.5 Å². The molecular formula is C28H22ClN3O4S2. The highest BCUT2D eigenvalue weighted by Crippen LogP contribution is 2.44. The third kappa shape index (κ3) is 5.18. The Bertz CT molecular complexity index is 1530. The minimum Gasteiger partial charge on any atom is -0.507 e. The van der Waals surface area contributed by atoms with E-state index >= 15 is 0 Å². The summed E-state index contributed by atoms with van der Waals surface area (Å²) in [7, 11) is 1.54. The van der Waals surface area contributed by atoms with Crippen LogP contribution in [-0.4, -0.2) is 34.1 Å². The van der Waals surface area contributed by atoms with E-state index in [1.54, 1.807) is 36.4 Å². The van der Waals surface area contributed by atoms with Crippen LogP contribution in [0.5, 0.6) is 5.75 Å². The molecule has 1 atom stereocenters. The fourth-order valence-electron chi connectivity index (χ4n) is 4.11. The number of benzene rings is 3. The summed E-state index contributed by atoms with van der Waals surface area (Å²) in [6.07, 6.45) is 0. The molecule has 0 bridgehead atoms. The maximum Gasteiger partial charge on any atom is 0.301 e. The largest absolute Gasteiger partial charge is 0.507 e. The number of Topliss-reactive ketones (excluding diaryl/α,β-unsaturated/α-hetero) is 1. The van der Waals surface area contributed by atoms with Gasteiger partial charge in [-0.25, -0.2) is 0 Å². The SMILES string of the molecule is COc1cccc(C2/C(=C(/O)c3ccc(C)cc3)C(=O)C(=O)N2c2nnc(SCc3ccc(Cl)cc3)s2)c1. The zero-order valence-electron chi connectivity index (χ0n) is 20.4. The Labute approximate surface area is 232 Å². The third-order valence-electron chi connectivity index (χ3n) is 6.06. The molecule has 1 aliphatic heterocycles. The monoisotopic (exact) mass is 563 g/mol. The number of carbonyl (C=O) groups excluding carboxylic acids is 2. The van der Waals surface area contributed by atoms with E-state index in [1.165, 1.54) is 35.1 Å². The molecule has 1 N–H and O–H groups in total. The lowest BCUT2D eigenvalue weighted by Crippen LogP contribution is -2.29. The van der Waals surface area contributed by atoms with Gasteiger partial charge in [0, 0.05) is 16.3 Å². The molecule has 0 radical (unpaired) electrons. The second-order valence-corrected chi connectivity index (χ2v) is 11.2. The number of carbonyl (C=O) groups is 2. The van der Waals surface area contributed by atoms with Crippen LogP contribution in [0.2, 0.25) is 5.02 Å². The van der Waals surface area contributed by atoms with Crippen LogP contribution in [0, 0.1) is 6.92 Å². The molecule has 0 aliphatic carbocycles. The van der Waals surface area contributed by atoms with Crippen LogP contribution in [0.1, 0.15) is 28.3 Å². The molecule has 38 heavy (non-hydrogen) atoms. The molecule has 5 rings (SSSR count). The summed E-state index contributed by atoms with van der Waals surface area (Å²) in [6.45, 7) is 1.93. The highest BCUT2D eigenvalue weighted by Gasteiger charge is 2.48. The number of aliphatic hydroxyl groups is 1. The number of amides is 1. The number of aliphatic hydroxyl groups excluding tert-OH is 1. The molecule has 0 saturated carbocycles. The number of hydrogen-bond donors (Lipinski definition) is 1. The van der Waals surface area contributed by atoms with Gasteiger partial charge in [-0.15, -0.1) is 10.2 Å². The second-order valence-electron chi connectivity index (χ2n) is 8.58. The third-order valence-corrected chi connectivity index (χ3v) is 8.44. The highest BCUT2D eigenvalue weighted by molar-refractivity contribution is 8.00. The molecule has 1 unspecified atom stereocenters. The van der Waals surface area contributed by atoms with Crippen molar-refractivity contribution in [1.29, 1.82) is 0 Å². The highest BCUT2D eigenvalue weighted by atomic mass is 35.5. The predicted molar refractivity (Wildman–Crippen MR) is 150 cm³/mol. The number of thioether (sulfide) groups is 1. The lowest BCUT2D eigenvalue weighted by Gasteiger charge is -2.23. The second kappa shape index (κ2) is 11.0. The van der Waals surface area contributed by atoms with Crippen LogP contribution in [0.3, 0.4) is 0 Å². The molecule has 1 aromatic heterocycles. The van der Waals surface area contributed by atoms with Crippen molar-refractivity contribution in [1.82, 2.24) is 10.2 Å². The van der Waals surface area contributed by atoms with Crippen molar-refractivity contribution in [3.05, 3.63) is 106 Å². The zero-order chi connectivity index (χ0) is 26.8. The molecule has 1 amide bonds. The Morgan fingerprint density at radius 3 is 2.53 bits per heavy atom. The lowest BCUT2D eigenvalue weighted by atomic mass is 9.95. The maximum absolute atomic E-state index is 13.4. The van der Waals surface area contributed by atoms with Gasteiger partial charge in [-0.1, -0.05) is 88.8 Å². The number of methoxy groups -OCH3 is 1. The van der Waals surface area contributed by atoms with E-state index in [0.29, 0.717) is 32.0 Å². The van der Waals surface area contributed by atoms with E-state index in [9.17, 15) is 14.7 Å². The van der Waals surface area contributed by atoms with Crippen LogP contribution in [0.4, 0.5) is 5.13 Å². The van der Waals surface area contributed by atoms with E-state index in [-0.39, 0.29) is 16.5 Å². The van der Waals surface area contributed by atoms with Crippen LogP contribution in [0.15, 0.2) is 82.7 Å². The number of halogens is 1. The summed E-state index contributed by atoms with van der Waals surface area (Å²) in [5.41, 5.74) is 3.09. The first-order valence-electron chi connectivity index (χ1n) is 11.6. The molecule has 0 spiro atoms. The smallest absolute Gasteiger partial charge is 0.301 e. The lowest BCUT2D eigenvalue weighted by molar-refractivity contribution is -0.132. The summed E-state index contributed by atoms with van der Waals surface area (Å²) >= 11 is 8.65. The van der Waals surface area contributed by atoms with Crippen molar-refractivity contribution in [2.24, 2.45) is 0 Å². The standard InChI is InChI=1S/C28H22ClN3O4S2/c1-16-6-10-18(11-7-16)24(33)22-23(19-4-3-5-21(14-19)36-2)32(26(35)25(22)34)27-30-31-28(38-27)37-15-17-8-12-20(29)13-9-17/h3-14,23,33H,15H2,1-2H3/b24-22-. The van der Waals surface area contributed by atoms with Gasteiger partial charge in [0.05, 0.1) is 18.7 Å². The van der Waals surface area contributed by atoms with Gasteiger partial charge in [0.25, 0.3) is 5.78 Å². The van der Waals surface area contributed by atoms with Crippen molar-refractivity contribution in [2.75, 3.05) is 12.0 Å². The molecule has 192 valence electrons. The Balaban J connectivity index is 1.54. The summed E-state index contributed by atoms with van der Waals surface area (Å²) in [4.78, 5) is 28.0. The molecule has 1 aliphatic rings. The summed E-state index contributed by atoms with van der Waals surface area (Å²) in [5.74, 6) is -0.629. The average molecular weight is 564 g/mol. The molecule has 1 saturated heterocycles. The molecule has 10 heteroatoms.